The van der Waals surface area contributed by atoms with Crippen LogP contribution in [0.5, 0.6) is 0 Å². The van der Waals surface area contributed by atoms with E-state index in [4.69, 9.17) is 4.74 Å². The van der Waals surface area contributed by atoms with Crippen molar-refractivity contribution in [3.63, 3.8) is 0 Å². The van der Waals surface area contributed by atoms with E-state index in [1.807, 2.05) is 35.7 Å². The highest BCUT2D eigenvalue weighted by Crippen LogP contribution is 2.48. The Morgan fingerprint density at radius 2 is 1.92 bits per heavy atom. The number of thiazole rings is 1. The third kappa shape index (κ3) is 3.61. The van der Waals surface area contributed by atoms with Crippen LogP contribution in [0.3, 0.4) is 0 Å². The van der Waals surface area contributed by atoms with Crippen molar-refractivity contribution < 1.29 is 13.9 Å². The molecule has 0 saturated heterocycles. The van der Waals surface area contributed by atoms with E-state index in [1.54, 1.807) is 12.1 Å². The molecule has 4 rings (SSSR count). The van der Waals surface area contributed by atoms with Gasteiger partial charge >= 0.3 is 5.97 Å². The van der Waals surface area contributed by atoms with Crippen LogP contribution in [0.1, 0.15) is 23.6 Å². The van der Waals surface area contributed by atoms with E-state index in [-0.39, 0.29) is 30.2 Å². The fraction of sp³-hybridized carbons (Fsp3) is 0.200. The molecule has 0 aliphatic heterocycles. The Morgan fingerprint density at radius 1 is 1.16 bits per heavy atom. The van der Waals surface area contributed by atoms with Crippen LogP contribution in [-0.2, 0) is 16.1 Å². The largest absolute Gasteiger partial charge is 0.459 e. The van der Waals surface area contributed by atoms with Crippen molar-refractivity contribution in [1.82, 2.24) is 4.98 Å². The zero-order valence-electron chi connectivity index (χ0n) is 13.4. The van der Waals surface area contributed by atoms with Crippen molar-refractivity contribution >= 4 is 17.3 Å². The second-order valence-corrected chi connectivity index (χ2v) is 6.98. The summed E-state index contributed by atoms with van der Waals surface area (Å²) >= 11 is 1.54. The Kier molecular flexibility index (Phi) is 4.32. The van der Waals surface area contributed by atoms with Crippen molar-refractivity contribution in [2.45, 2.75) is 18.9 Å². The van der Waals surface area contributed by atoms with Crippen molar-refractivity contribution in [2.24, 2.45) is 5.92 Å². The molecule has 2 atom stereocenters. The lowest BCUT2D eigenvalue weighted by Gasteiger charge is -2.03. The summed E-state index contributed by atoms with van der Waals surface area (Å²) in [5, 5.41) is 2.84. The van der Waals surface area contributed by atoms with E-state index >= 15 is 0 Å². The van der Waals surface area contributed by atoms with E-state index in [0.29, 0.717) is 0 Å². The Hall–Kier alpha value is -2.53. The topological polar surface area (TPSA) is 39.2 Å². The molecule has 5 heteroatoms. The van der Waals surface area contributed by atoms with Gasteiger partial charge in [-0.15, -0.1) is 11.3 Å². The summed E-state index contributed by atoms with van der Waals surface area (Å²) in [5.41, 5.74) is 2.81. The van der Waals surface area contributed by atoms with Gasteiger partial charge in [-0.05, 0) is 30.0 Å². The molecule has 1 fully saturated rings. The number of hydrogen-bond donors (Lipinski definition) is 0. The van der Waals surface area contributed by atoms with Crippen LogP contribution in [0.15, 0.2) is 60.0 Å². The predicted octanol–water partition coefficient (Wildman–Crippen LogP) is 4.80. The van der Waals surface area contributed by atoms with Crippen molar-refractivity contribution in [3.8, 4) is 10.6 Å². The second-order valence-electron chi connectivity index (χ2n) is 6.12. The van der Waals surface area contributed by atoms with Crippen molar-refractivity contribution in [2.75, 3.05) is 0 Å². The highest BCUT2D eigenvalue weighted by molar-refractivity contribution is 7.13. The first-order valence-corrected chi connectivity index (χ1v) is 9.00. The minimum absolute atomic E-state index is 0.127. The quantitative estimate of drug-likeness (QED) is 0.619. The number of carbonyl (C=O) groups excluding carboxylic acids is 1. The van der Waals surface area contributed by atoms with Gasteiger partial charge in [0.2, 0.25) is 0 Å². The number of rotatable bonds is 5. The van der Waals surface area contributed by atoms with Crippen LogP contribution in [-0.4, -0.2) is 11.0 Å². The summed E-state index contributed by atoms with van der Waals surface area (Å²) in [7, 11) is 0. The van der Waals surface area contributed by atoms with Crippen LogP contribution >= 0.6 is 11.3 Å². The minimum Gasteiger partial charge on any atom is -0.459 e. The van der Waals surface area contributed by atoms with Gasteiger partial charge in [0.05, 0.1) is 11.6 Å². The average molecular weight is 353 g/mol. The molecule has 0 N–H and O–H groups in total. The monoisotopic (exact) mass is 353 g/mol. The Balaban J connectivity index is 1.33. The number of hydrogen-bond acceptors (Lipinski definition) is 4. The maximum atomic E-state index is 13.0. The van der Waals surface area contributed by atoms with E-state index in [2.05, 4.69) is 4.98 Å². The molecule has 2 aromatic carbocycles. The summed E-state index contributed by atoms with van der Waals surface area (Å²) in [6.45, 7) is 0.189. The highest BCUT2D eigenvalue weighted by atomic mass is 32.1. The lowest BCUT2D eigenvalue weighted by molar-refractivity contribution is -0.146. The average Bonchev–Trinajstić information content (AvgIpc) is 3.31. The number of ether oxygens (including phenoxy) is 1. The van der Waals surface area contributed by atoms with Gasteiger partial charge < -0.3 is 4.74 Å². The number of carbonyl (C=O) groups is 1. The lowest BCUT2D eigenvalue weighted by atomic mass is 10.1. The van der Waals surface area contributed by atoms with Gasteiger partial charge in [-0.25, -0.2) is 9.37 Å². The van der Waals surface area contributed by atoms with Gasteiger partial charge in [0, 0.05) is 10.9 Å². The van der Waals surface area contributed by atoms with E-state index in [1.165, 1.54) is 23.5 Å². The molecule has 1 aliphatic rings. The van der Waals surface area contributed by atoms with Gasteiger partial charge in [-0.3, -0.25) is 4.79 Å². The lowest BCUT2D eigenvalue weighted by Crippen LogP contribution is -2.08. The molecular formula is C20H16FNO2S. The number of halogens is 1. The molecule has 0 radical (unpaired) electrons. The molecule has 1 heterocycles. The third-order valence-corrected chi connectivity index (χ3v) is 5.27. The molecule has 1 saturated carbocycles. The van der Waals surface area contributed by atoms with Crippen LogP contribution < -0.4 is 0 Å². The van der Waals surface area contributed by atoms with E-state index in [0.717, 1.165) is 28.2 Å². The van der Waals surface area contributed by atoms with Crippen LogP contribution in [0.4, 0.5) is 4.39 Å². The maximum Gasteiger partial charge on any atom is 0.309 e. The molecule has 3 aromatic rings. The number of esters is 1. The van der Waals surface area contributed by atoms with Crippen LogP contribution in [0, 0.1) is 11.7 Å². The Bertz CT molecular complexity index is 876. The fourth-order valence-electron chi connectivity index (χ4n) is 2.87. The van der Waals surface area contributed by atoms with Crippen molar-refractivity contribution in [3.05, 3.63) is 77.1 Å². The molecule has 0 spiro atoms. The van der Waals surface area contributed by atoms with E-state index < -0.39 is 0 Å². The Morgan fingerprint density at radius 3 is 2.68 bits per heavy atom. The van der Waals surface area contributed by atoms with Crippen molar-refractivity contribution in [1.29, 1.82) is 0 Å². The van der Waals surface area contributed by atoms with Gasteiger partial charge in [-0.1, -0.05) is 42.5 Å². The smallest absolute Gasteiger partial charge is 0.309 e. The highest BCUT2D eigenvalue weighted by Gasteiger charge is 2.45. The molecule has 0 bridgehead atoms. The summed E-state index contributed by atoms with van der Waals surface area (Å²) in [4.78, 5) is 16.7. The van der Waals surface area contributed by atoms with E-state index in [9.17, 15) is 9.18 Å². The molecule has 126 valence electrons. The van der Waals surface area contributed by atoms with Gasteiger partial charge in [0.25, 0.3) is 0 Å². The molecule has 2 unspecified atom stereocenters. The predicted molar refractivity (Wildman–Crippen MR) is 94.6 cm³/mol. The molecule has 3 nitrogen and oxygen atoms in total. The fourth-order valence-corrected chi connectivity index (χ4v) is 3.68. The minimum atomic E-state index is -0.263. The SMILES string of the molecule is O=C(OCc1csc(-c2ccccc2)n1)C1CC1c1ccc(F)cc1. The zero-order chi connectivity index (χ0) is 17.2. The second kappa shape index (κ2) is 6.76. The van der Waals surface area contributed by atoms with Crippen LogP contribution in [0.2, 0.25) is 0 Å². The van der Waals surface area contributed by atoms with Gasteiger partial charge in [0.1, 0.15) is 17.4 Å². The van der Waals surface area contributed by atoms with Gasteiger partial charge in [-0.2, -0.15) is 0 Å². The maximum absolute atomic E-state index is 13.0. The summed E-state index contributed by atoms with van der Waals surface area (Å²) in [6.07, 6.45) is 0.761. The third-order valence-electron chi connectivity index (χ3n) is 4.33. The first kappa shape index (κ1) is 16.0. The number of benzene rings is 2. The number of nitrogens with zero attached hydrogens (tertiary/aromatic N) is 1. The summed E-state index contributed by atoms with van der Waals surface area (Å²) in [5.74, 6) is -0.453. The first-order chi connectivity index (χ1) is 12.2. The molecule has 1 aromatic heterocycles. The molecule has 0 amide bonds. The Labute approximate surface area is 149 Å². The molecular weight excluding hydrogens is 337 g/mol. The molecule has 25 heavy (non-hydrogen) atoms. The first-order valence-electron chi connectivity index (χ1n) is 8.12. The summed E-state index contributed by atoms with van der Waals surface area (Å²) < 4.78 is 18.4. The molecule has 1 aliphatic carbocycles. The van der Waals surface area contributed by atoms with Crippen LogP contribution in [0.25, 0.3) is 10.6 Å². The number of aromatic nitrogens is 1. The summed E-state index contributed by atoms with van der Waals surface area (Å²) in [6, 6.07) is 16.2. The van der Waals surface area contributed by atoms with Gasteiger partial charge in [0.15, 0.2) is 0 Å². The normalized spacial score (nSPS) is 18.8. The standard InChI is InChI=1S/C20H16FNO2S/c21-15-8-6-13(7-9-15)17-10-18(17)20(23)24-11-16-12-25-19(22-16)14-4-2-1-3-5-14/h1-9,12,17-18H,10-11H2. The zero-order valence-corrected chi connectivity index (χ0v) is 14.2.